The van der Waals surface area contributed by atoms with E-state index < -0.39 is 0 Å². The Morgan fingerprint density at radius 3 is 2.75 bits per heavy atom. The Morgan fingerprint density at radius 1 is 1.20 bits per heavy atom. The van der Waals surface area contributed by atoms with Crippen molar-refractivity contribution >= 4 is 11.3 Å². The maximum absolute atomic E-state index is 5.71. The molecule has 3 rings (SSSR count). The van der Waals surface area contributed by atoms with Gasteiger partial charge in [-0.1, -0.05) is 36.4 Å². The normalized spacial score (nSPS) is 23.2. The van der Waals surface area contributed by atoms with Crippen LogP contribution >= 0.6 is 11.3 Å². The zero-order chi connectivity index (χ0) is 13.8. The Balaban J connectivity index is 1.72. The summed E-state index contributed by atoms with van der Waals surface area (Å²) >= 11 is 1.84. The topological polar surface area (TPSA) is 12.5 Å². The molecule has 2 heterocycles. The van der Waals surface area contributed by atoms with Gasteiger partial charge in [0.05, 0.1) is 6.10 Å². The highest BCUT2D eigenvalue weighted by Gasteiger charge is 2.34. The predicted octanol–water partition coefficient (Wildman–Crippen LogP) is 3.58. The first-order chi connectivity index (χ1) is 9.86. The fraction of sp³-hybridized carbons (Fsp3) is 0.412. The largest absolute Gasteiger partial charge is 0.380 e. The van der Waals surface area contributed by atoms with Gasteiger partial charge in [0.25, 0.3) is 0 Å². The summed E-state index contributed by atoms with van der Waals surface area (Å²) in [6.07, 6.45) is 2.57. The highest BCUT2D eigenvalue weighted by atomic mass is 32.1. The van der Waals surface area contributed by atoms with Crippen LogP contribution in [-0.4, -0.2) is 30.7 Å². The molecule has 0 N–H and O–H groups in total. The van der Waals surface area contributed by atoms with E-state index in [0.29, 0.717) is 12.1 Å². The third-order valence-electron chi connectivity index (χ3n) is 4.13. The van der Waals surface area contributed by atoms with Crippen molar-refractivity contribution in [1.82, 2.24) is 4.90 Å². The summed E-state index contributed by atoms with van der Waals surface area (Å²) in [4.78, 5) is 4.02. The third kappa shape index (κ3) is 3.11. The molecular formula is C17H21NOS. The molecule has 2 nitrogen and oxygen atoms in total. The Labute approximate surface area is 125 Å². The van der Waals surface area contributed by atoms with Gasteiger partial charge in [0, 0.05) is 31.1 Å². The van der Waals surface area contributed by atoms with Crippen molar-refractivity contribution in [3.05, 3.63) is 58.3 Å². The zero-order valence-electron chi connectivity index (χ0n) is 11.9. The second kappa shape index (κ2) is 6.53. The fourth-order valence-corrected chi connectivity index (χ4v) is 3.81. The molecule has 1 aliphatic heterocycles. The molecule has 0 saturated carbocycles. The number of thiophene rings is 1. The summed E-state index contributed by atoms with van der Waals surface area (Å²) in [5.74, 6) is 0. The van der Waals surface area contributed by atoms with E-state index in [1.54, 1.807) is 0 Å². The number of nitrogens with zero attached hydrogens (tertiary/aromatic N) is 1. The minimum Gasteiger partial charge on any atom is -0.380 e. The molecule has 1 aromatic heterocycles. The molecule has 2 aromatic rings. The molecule has 0 spiro atoms. The van der Waals surface area contributed by atoms with E-state index in [1.165, 1.54) is 10.4 Å². The van der Waals surface area contributed by atoms with Crippen molar-refractivity contribution in [2.45, 2.75) is 31.5 Å². The van der Waals surface area contributed by atoms with E-state index in [4.69, 9.17) is 4.74 Å². The lowest BCUT2D eigenvalue weighted by molar-refractivity contribution is 0.0641. The average molecular weight is 287 g/mol. The van der Waals surface area contributed by atoms with Crippen LogP contribution in [0.15, 0.2) is 47.8 Å². The van der Waals surface area contributed by atoms with Crippen LogP contribution in [0.2, 0.25) is 0 Å². The van der Waals surface area contributed by atoms with Crippen molar-refractivity contribution < 1.29 is 4.74 Å². The quantitative estimate of drug-likeness (QED) is 0.833. The zero-order valence-corrected chi connectivity index (χ0v) is 12.7. The lowest BCUT2D eigenvalue weighted by Gasteiger charge is -2.27. The van der Waals surface area contributed by atoms with Crippen LogP contribution in [-0.2, 0) is 17.7 Å². The van der Waals surface area contributed by atoms with Gasteiger partial charge >= 0.3 is 0 Å². The third-order valence-corrected chi connectivity index (χ3v) is 4.99. The van der Waals surface area contributed by atoms with E-state index in [1.807, 2.05) is 18.4 Å². The monoisotopic (exact) mass is 287 g/mol. The molecule has 0 unspecified atom stereocenters. The maximum Gasteiger partial charge on any atom is 0.0742 e. The summed E-state index contributed by atoms with van der Waals surface area (Å²) < 4.78 is 5.71. The van der Waals surface area contributed by atoms with Crippen molar-refractivity contribution in [1.29, 1.82) is 0 Å². The molecule has 0 aliphatic carbocycles. The van der Waals surface area contributed by atoms with Gasteiger partial charge in [-0.05, 0) is 29.9 Å². The lowest BCUT2D eigenvalue weighted by Crippen LogP contribution is -2.37. The smallest absolute Gasteiger partial charge is 0.0742 e. The van der Waals surface area contributed by atoms with E-state index in [9.17, 15) is 0 Å². The SMILES string of the molecule is CO[C@@H]1CCN(Cc2cccs2)[C@H]1Cc1ccccc1. The van der Waals surface area contributed by atoms with Gasteiger partial charge in [-0.2, -0.15) is 0 Å². The first-order valence-electron chi connectivity index (χ1n) is 7.20. The van der Waals surface area contributed by atoms with Crippen LogP contribution in [0, 0.1) is 0 Å². The molecule has 106 valence electrons. The lowest BCUT2D eigenvalue weighted by atomic mass is 10.0. The first kappa shape index (κ1) is 13.8. The molecule has 20 heavy (non-hydrogen) atoms. The van der Waals surface area contributed by atoms with Gasteiger partial charge in [-0.15, -0.1) is 11.3 Å². The Morgan fingerprint density at radius 2 is 2.05 bits per heavy atom. The second-order valence-corrected chi connectivity index (χ2v) is 6.40. The van der Waals surface area contributed by atoms with E-state index in [2.05, 4.69) is 52.7 Å². The second-order valence-electron chi connectivity index (χ2n) is 5.37. The molecule has 1 fully saturated rings. The van der Waals surface area contributed by atoms with Crippen molar-refractivity contribution in [2.24, 2.45) is 0 Å². The van der Waals surface area contributed by atoms with Crippen LogP contribution in [0.1, 0.15) is 16.9 Å². The van der Waals surface area contributed by atoms with Gasteiger partial charge in [0.2, 0.25) is 0 Å². The van der Waals surface area contributed by atoms with Gasteiger partial charge in [-0.25, -0.2) is 0 Å². The minimum atomic E-state index is 0.357. The molecule has 1 saturated heterocycles. The van der Waals surface area contributed by atoms with Crippen LogP contribution in [0.4, 0.5) is 0 Å². The van der Waals surface area contributed by atoms with E-state index >= 15 is 0 Å². The molecule has 0 amide bonds. The number of rotatable bonds is 5. The minimum absolute atomic E-state index is 0.357. The number of likely N-dealkylation sites (tertiary alicyclic amines) is 1. The van der Waals surface area contributed by atoms with Crippen LogP contribution < -0.4 is 0 Å². The number of hydrogen-bond acceptors (Lipinski definition) is 3. The molecular weight excluding hydrogens is 266 g/mol. The number of ether oxygens (including phenoxy) is 1. The Hall–Kier alpha value is -1.16. The van der Waals surface area contributed by atoms with Gasteiger partial charge in [0.1, 0.15) is 0 Å². The Kier molecular flexibility index (Phi) is 4.51. The van der Waals surface area contributed by atoms with Crippen LogP contribution in [0.3, 0.4) is 0 Å². The van der Waals surface area contributed by atoms with Crippen molar-refractivity contribution in [3.63, 3.8) is 0 Å². The number of benzene rings is 1. The van der Waals surface area contributed by atoms with Gasteiger partial charge in [0.15, 0.2) is 0 Å². The molecule has 0 bridgehead atoms. The molecule has 3 heteroatoms. The highest BCUT2D eigenvalue weighted by Crippen LogP contribution is 2.26. The summed E-state index contributed by atoms with van der Waals surface area (Å²) in [6, 6.07) is 15.6. The molecule has 1 aromatic carbocycles. The summed E-state index contributed by atoms with van der Waals surface area (Å²) in [5.41, 5.74) is 1.40. The van der Waals surface area contributed by atoms with Crippen molar-refractivity contribution in [2.75, 3.05) is 13.7 Å². The number of methoxy groups -OCH3 is 1. The molecule has 1 aliphatic rings. The average Bonchev–Trinajstić information content (AvgIpc) is 3.11. The van der Waals surface area contributed by atoms with Gasteiger partial charge < -0.3 is 4.74 Å². The standard InChI is InChI=1S/C17H21NOS/c1-19-17-9-10-18(13-15-8-5-11-20-15)16(17)12-14-6-3-2-4-7-14/h2-8,11,16-17H,9-10,12-13H2,1H3/t16-,17+/m0/s1. The first-order valence-corrected chi connectivity index (χ1v) is 8.08. The van der Waals surface area contributed by atoms with Gasteiger partial charge in [-0.3, -0.25) is 4.90 Å². The summed E-state index contributed by atoms with van der Waals surface area (Å²) in [5, 5.41) is 2.16. The van der Waals surface area contributed by atoms with E-state index in [-0.39, 0.29) is 0 Å². The summed E-state index contributed by atoms with van der Waals surface area (Å²) in [7, 11) is 1.84. The van der Waals surface area contributed by atoms with Crippen LogP contribution in [0.5, 0.6) is 0 Å². The van der Waals surface area contributed by atoms with Crippen molar-refractivity contribution in [3.8, 4) is 0 Å². The van der Waals surface area contributed by atoms with Crippen LogP contribution in [0.25, 0.3) is 0 Å². The Bertz CT molecular complexity index is 511. The number of hydrogen-bond donors (Lipinski definition) is 0. The molecule has 0 radical (unpaired) electrons. The summed E-state index contributed by atoms with van der Waals surface area (Å²) in [6.45, 7) is 2.18. The molecule has 2 atom stereocenters. The maximum atomic E-state index is 5.71. The highest BCUT2D eigenvalue weighted by molar-refractivity contribution is 7.09. The van der Waals surface area contributed by atoms with E-state index in [0.717, 1.165) is 25.9 Å². The fourth-order valence-electron chi connectivity index (χ4n) is 3.08. The predicted molar refractivity (Wildman–Crippen MR) is 84.1 cm³/mol.